The number of nitrogens with one attached hydrogen (secondary N) is 2. The average molecular weight is 353 g/mol. The predicted molar refractivity (Wildman–Crippen MR) is 91.0 cm³/mol. The van der Waals surface area contributed by atoms with Gasteiger partial charge in [-0.1, -0.05) is 12.5 Å². The number of piperidine rings is 1. The van der Waals surface area contributed by atoms with Gasteiger partial charge in [-0.15, -0.1) is 0 Å². The molecule has 0 aromatic heterocycles. The highest BCUT2D eigenvalue weighted by Crippen LogP contribution is 2.22. The Labute approximate surface area is 142 Å². The molecule has 2 N–H and O–H groups in total. The second-order valence-corrected chi connectivity index (χ2v) is 7.71. The Balaban J connectivity index is 2.02. The van der Waals surface area contributed by atoms with Crippen LogP contribution in [0.2, 0.25) is 0 Å². The van der Waals surface area contributed by atoms with E-state index in [1.807, 2.05) is 0 Å². The summed E-state index contributed by atoms with van der Waals surface area (Å²) in [6.07, 6.45) is 2.93. The number of carbonyl (C=O) groups is 2. The number of anilines is 1. The maximum atomic E-state index is 12.6. The van der Waals surface area contributed by atoms with Crippen LogP contribution < -0.4 is 10.6 Å². The lowest BCUT2D eigenvalue weighted by Gasteiger charge is -2.26. The Morgan fingerprint density at radius 3 is 2.54 bits per heavy atom. The molecule has 0 unspecified atom stereocenters. The monoisotopic (exact) mass is 353 g/mol. The first-order valence-electron chi connectivity index (χ1n) is 8.04. The van der Waals surface area contributed by atoms with Gasteiger partial charge in [0.2, 0.25) is 21.8 Å². The van der Waals surface area contributed by atoms with Crippen molar-refractivity contribution in [2.24, 2.45) is 0 Å². The van der Waals surface area contributed by atoms with Crippen LogP contribution >= 0.6 is 0 Å². The Hall–Kier alpha value is -1.93. The largest absolute Gasteiger partial charge is 0.356 e. The van der Waals surface area contributed by atoms with Crippen molar-refractivity contribution in [2.45, 2.75) is 37.5 Å². The van der Waals surface area contributed by atoms with Gasteiger partial charge in [-0.05, 0) is 31.0 Å². The third-order valence-electron chi connectivity index (χ3n) is 3.80. The first-order valence-corrected chi connectivity index (χ1v) is 9.48. The van der Waals surface area contributed by atoms with Crippen molar-refractivity contribution < 1.29 is 18.0 Å². The van der Waals surface area contributed by atoms with Gasteiger partial charge in [0.15, 0.2) is 0 Å². The Morgan fingerprint density at radius 2 is 1.88 bits per heavy atom. The minimum absolute atomic E-state index is 0.128. The molecule has 24 heavy (non-hydrogen) atoms. The quantitative estimate of drug-likeness (QED) is 0.806. The molecule has 132 valence electrons. The SMILES string of the molecule is CC(=O)NCCC(=O)Nc1cccc(S(=O)(=O)N2CCCCC2)c1. The van der Waals surface area contributed by atoms with Gasteiger partial charge in [0, 0.05) is 38.7 Å². The molecule has 1 heterocycles. The highest BCUT2D eigenvalue weighted by atomic mass is 32.2. The molecule has 0 spiro atoms. The van der Waals surface area contributed by atoms with E-state index in [1.165, 1.54) is 23.4 Å². The number of carbonyl (C=O) groups excluding carboxylic acids is 2. The third kappa shape index (κ3) is 5.04. The van der Waals surface area contributed by atoms with E-state index in [-0.39, 0.29) is 29.7 Å². The fraction of sp³-hybridized carbons (Fsp3) is 0.500. The van der Waals surface area contributed by atoms with Crippen LogP contribution in [0.4, 0.5) is 5.69 Å². The van der Waals surface area contributed by atoms with E-state index in [1.54, 1.807) is 12.1 Å². The zero-order valence-electron chi connectivity index (χ0n) is 13.7. The van der Waals surface area contributed by atoms with Gasteiger partial charge in [0.05, 0.1) is 4.90 Å². The zero-order chi connectivity index (χ0) is 17.6. The third-order valence-corrected chi connectivity index (χ3v) is 5.69. The summed E-state index contributed by atoms with van der Waals surface area (Å²) >= 11 is 0. The van der Waals surface area contributed by atoms with Crippen molar-refractivity contribution in [3.63, 3.8) is 0 Å². The van der Waals surface area contributed by atoms with E-state index >= 15 is 0 Å². The summed E-state index contributed by atoms with van der Waals surface area (Å²) in [6, 6.07) is 6.27. The van der Waals surface area contributed by atoms with E-state index < -0.39 is 10.0 Å². The van der Waals surface area contributed by atoms with Gasteiger partial charge >= 0.3 is 0 Å². The Morgan fingerprint density at radius 1 is 1.17 bits per heavy atom. The summed E-state index contributed by atoms with van der Waals surface area (Å²) in [6.45, 7) is 2.70. The average Bonchev–Trinajstić information content (AvgIpc) is 2.55. The molecule has 1 aromatic carbocycles. The summed E-state index contributed by atoms with van der Waals surface area (Å²) in [4.78, 5) is 22.8. The molecular weight excluding hydrogens is 330 g/mol. The van der Waals surface area contributed by atoms with E-state index in [9.17, 15) is 18.0 Å². The predicted octanol–water partition coefficient (Wildman–Crippen LogP) is 1.33. The van der Waals surface area contributed by atoms with Gasteiger partial charge in [0.25, 0.3) is 0 Å². The lowest BCUT2D eigenvalue weighted by atomic mass is 10.2. The lowest BCUT2D eigenvalue weighted by Crippen LogP contribution is -2.35. The van der Waals surface area contributed by atoms with Crippen molar-refractivity contribution >= 4 is 27.5 Å². The summed E-state index contributed by atoms with van der Waals surface area (Å²) < 4.78 is 26.8. The van der Waals surface area contributed by atoms with Crippen LogP contribution in [0, 0.1) is 0 Å². The fourth-order valence-electron chi connectivity index (χ4n) is 2.56. The van der Waals surface area contributed by atoms with E-state index in [0.717, 1.165) is 19.3 Å². The molecule has 1 aliphatic rings. The van der Waals surface area contributed by atoms with Crippen LogP contribution in [0.15, 0.2) is 29.2 Å². The van der Waals surface area contributed by atoms with Crippen molar-refractivity contribution in [1.82, 2.24) is 9.62 Å². The van der Waals surface area contributed by atoms with Gasteiger partial charge in [-0.25, -0.2) is 8.42 Å². The van der Waals surface area contributed by atoms with Crippen molar-refractivity contribution in [3.05, 3.63) is 24.3 Å². The van der Waals surface area contributed by atoms with Crippen LogP contribution in [0.3, 0.4) is 0 Å². The number of hydrogen-bond acceptors (Lipinski definition) is 4. The Kier molecular flexibility index (Phi) is 6.33. The topological polar surface area (TPSA) is 95.6 Å². The smallest absolute Gasteiger partial charge is 0.243 e. The lowest BCUT2D eigenvalue weighted by molar-refractivity contribution is -0.119. The van der Waals surface area contributed by atoms with Crippen molar-refractivity contribution in [1.29, 1.82) is 0 Å². The normalized spacial score (nSPS) is 15.7. The summed E-state index contributed by atoms with van der Waals surface area (Å²) in [5.41, 5.74) is 0.431. The molecule has 1 fully saturated rings. The second-order valence-electron chi connectivity index (χ2n) is 5.77. The number of sulfonamides is 1. The number of hydrogen-bond donors (Lipinski definition) is 2. The first kappa shape index (κ1) is 18.4. The van der Waals surface area contributed by atoms with E-state index in [2.05, 4.69) is 10.6 Å². The van der Waals surface area contributed by atoms with E-state index in [0.29, 0.717) is 18.8 Å². The van der Waals surface area contributed by atoms with Crippen molar-refractivity contribution in [2.75, 3.05) is 25.0 Å². The molecule has 2 amide bonds. The molecule has 1 aromatic rings. The number of nitrogens with zero attached hydrogens (tertiary/aromatic N) is 1. The number of rotatable bonds is 6. The fourth-order valence-corrected chi connectivity index (χ4v) is 4.13. The molecule has 7 nitrogen and oxygen atoms in total. The molecule has 1 saturated heterocycles. The number of amides is 2. The highest BCUT2D eigenvalue weighted by Gasteiger charge is 2.26. The van der Waals surface area contributed by atoms with Crippen LogP contribution in [0.5, 0.6) is 0 Å². The summed E-state index contributed by atoms with van der Waals surface area (Å²) in [7, 11) is -3.52. The van der Waals surface area contributed by atoms with Gasteiger partial charge in [0.1, 0.15) is 0 Å². The van der Waals surface area contributed by atoms with Crippen LogP contribution in [-0.4, -0.2) is 44.2 Å². The standard InChI is InChI=1S/C16H23N3O4S/c1-13(20)17-9-8-16(21)18-14-6-5-7-15(12-14)24(22,23)19-10-3-2-4-11-19/h5-7,12H,2-4,8-11H2,1H3,(H,17,20)(H,18,21). The summed E-state index contributed by atoms with van der Waals surface area (Å²) in [5.74, 6) is -0.478. The van der Waals surface area contributed by atoms with Crippen molar-refractivity contribution in [3.8, 4) is 0 Å². The van der Waals surface area contributed by atoms with Gasteiger partial charge in [-0.3, -0.25) is 9.59 Å². The first-order chi connectivity index (χ1) is 11.4. The highest BCUT2D eigenvalue weighted by molar-refractivity contribution is 7.89. The minimum atomic E-state index is -3.52. The molecule has 0 aliphatic carbocycles. The molecule has 1 aliphatic heterocycles. The summed E-state index contributed by atoms with van der Waals surface area (Å²) in [5, 5.41) is 5.20. The van der Waals surface area contributed by atoms with Gasteiger partial charge in [-0.2, -0.15) is 4.31 Å². The Bertz CT molecular complexity index is 697. The molecule has 0 atom stereocenters. The van der Waals surface area contributed by atoms with Crippen LogP contribution in [0.25, 0.3) is 0 Å². The molecule has 2 rings (SSSR count). The minimum Gasteiger partial charge on any atom is -0.356 e. The zero-order valence-corrected chi connectivity index (χ0v) is 14.6. The molecule has 0 saturated carbocycles. The molecular formula is C16H23N3O4S. The van der Waals surface area contributed by atoms with Crippen LogP contribution in [0.1, 0.15) is 32.6 Å². The number of benzene rings is 1. The van der Waals surface area contributed by atoms with Crippen LogP contribution in [-0.2, 0) is 19.6 Å². The van der Waals surface area contributed by atoms with Gasteiger partial charge < -0.3 is 10.6 Å². The molecule has 0 radical (unpaired) electrons. The maximum Gasteiger partial charge on any atom is 0.243 e. The van der Waals surface area contributed by atoms with E-state index in [4.69, 9.17) is 0 Å². The molecule has 0 bridgehead atoms. The maximum absolute atomic E-state index is 12.6. The second kappa shape index (κ2) is 8.25. The molecule has 8 heteroatoms.